The van der Waals surface area contributed by atoms with Gasteiger partial charge in [-0.15, -0.1) is 11.8 Å². The third-order valence-corrected chi connectivity index (χ3v) is 4.82. The fraction of sp³-hybridized carbons (Fsp3) is 0.0769. The standard InChI is InChI=1S/C13H12S.C12H10.CHF3/c1-14-13-9-7-12(8-10-13)11-5-3-2-4-6-11;1-3-7-11(8-4-1)12-9-5-2-6-10-12;2-1(3)4/h2-10H,1H3;1-10H;1H. The van der Waals surface area contributed by atoms with Gasteiger partial charge in [-0.2, -0.15) is 13.2 Å². The van der Waals surface area contributed by atoms with Crippen molar-refractivity contribution < 1.29 is 13.2 Å². The van der Waals surface area contributed by atoms with E-state index in [1.807, 2.05) is 18.2 Å². The topological polar surface area (TPSA) is 0 Å². The van der Waals surface area contributed by atoms with Gasteiger partial charge in [0.25, 0.3) is 0 Å². The first-order chi connectivity index (χ1) is 14.6. The molecule has 0 aliphatic carbocycles. The van der Waals surface area contributed by atoms with E-state index >= 15 is 0 Å². The Balaban J connectivity index is 0.000000183. The zero-order valence-corrected chi connectivity index (χ0v) is 17.4. The van der Waals surface area contributed by atoms with Crippen LogP contribution in [0.1, 0.15) is 0 Å². The minimum Gasteiger partial charge on any atom is -0.174 e. The van der Waals surface area contributed by atoms with Crippen molar-refractivity contribution in [3.63, 3.8) is 0 Å². The molecule has 0 saturated carbocycles. The molecule has 0 saturated heterocycles. The van der Waals surface area contributed by atoms with Gasteiger partial charge in [-0.25, -0.2) is 0 Å². The molecule has 4 heteroatoms. The molecule has 0 bridgehead atoms. The minimum absolute atomic E-state index is 1.28. The van der Waals surface area contributed by atoms with Crippen LogP contribution in [0.15, 0.2) is 120 Å². The Labute approximate surface area is 180 Å². The highest BCUT2D eigenvalue weighted by molar-refractivity contribution is 7.98. The van der Waals surface area contributed by atoms with Crippen molar-refractivity contribution in [3.05, 3.63) is 115 Å². The van der Waals surface area contributed by atoms with Gasteiger partial charge >= 0.3 is 6.68 Å². The van der Waals surface area contributed by atoms with Crippen molar-refractivity contribution in [1.29, 1.82) is 0 Å². The summed E-state index contributed by atoms with van der Waals surface area (Å²) in [5.41, 5.74) is 5.11. The van der Waals surface area contributed by atoms with E-state index in [4.69, 9.17) is 0 Å². The second kappa shape index (κ2) is 13.3. The van der Waals surface area contributed by atoms with Gasteiger partial charge in [0.15, 0.2) is 0 Å². The van der Waals surface area contributed by atoms with E-state index in [9.17, 15) is 13.2 Å². The summed E-state index contributed by atoms with van der Waals surface area (Å²) in [4.78, 5) is 1.31. The van der Waals surface area contributed by atoms with E-state index < -0.39 is 6.68 Å². The Morgan fingerprint density at radius 3 is 1.00 bits per heavy atom. The molecular formula is C26H23F3S. The number of rotatable bonds is 3. The SMILES string of the molecule is CSc1ccc(-c2ccccc2)cc1.FC(F)F.c1ccc(-c2ccccc2)cc1. The molecule has 0 aromatic heterocycles. The molecule has 0 fully saturated rings. The Morgan fingerprint density at radius 2 is 0.733 bits per heavy atom. The van der Waals surface area contributed by atoms with Crippen LogP contribution in [0.3, 0.4) is 0 Å². The maximum atomic E-state index is 9.67. The highest BCUT2D eigenvalue weighted by Crippen LogP contribution is 2.22. The first kappa shape index (κ1) is 23.3. The summed E-state index contributed by atoms with van der Waals surface area (Å²) in [6, 6.07) is 39.9. The molecule has 0 nitrogen and oxygen atoms in total. The van der Waals surface area contributed by atoms with Crippen molar-refractivity contribution in [2.45, 2.75) is 11.6 Å². The van der Waals surface area contributed by atoms with Crippen LogP contribution in [0.25, 0.3) is 22.3 Å². The molecule has 0 heterocycles. The summed E-state index contributed by atoms with van der Waals surface area (Å²) in [6.45, 7) is -3.67. The average Bonchev–Trinajstić information content (AvgIpc) is 2.81. The highest BCUT2D eigenvalue weighted by atomic mass is 32.2. The number of halogens is 3. The Morgan fingerprint density at radius 1 is 0.467 bits per heavy atom. The van der Waals surface area contributed by atoms with E-state index in [0.29, 0.717) is 0 Å². The van der Waals surface area contributed by atoms with E-state index in [2.05, 4.69) is 103 Å². The lowest BCUT2D eigenvalue weighted by molar-refractivity contribution is 0.00819. The van der Waals surface area contributed by atoms with Gasteiger partial charge in [-0.1, -0.05) is 103 Å². The molecule has 4 aromatic carbocycles. The van der Waals surface area contributed by atoms with Gasteiger partial charge < -0.3 is 0 Å². The predicted molar refractivity (Wildman–Crippen MR) is 123 cm³/mol. The molecule has 0 amide bonds. The Kier molecular flexibility index (Phi) is 10.3. The van der Waals surface area contributed by atoms with E-state index in [1.165, 1.54) is 27.1 Å². The second-order valence-electron chi connectivity index (χ2n) is 6.07. The average molecular weight is 425 g/mol. The Hall–Kier alpha value is -2.98. The normalized spacial score (nSPS) is 9.77. The summed E-state index contributed by atoms with van der Waals surface area (Å²) < 4.78 is 29.0. The van der Waals surface area contributed by atoms with Crippen molar-refractivity contribution in [2.75, 3.05) is 6.26 Å². The maximum Gasteiger partial charge on any atom is 0.379 e. The van der Waals surface area contributed by atoms with Crippen LogP contribution in [0.4, 0.5) is 13.2 Å². The molecule has 0 N–H and O–H groups in total. The summed E-state index contributed by atoms with van der Waals surface area (Å²) in [5.74, 6) is 0. The lowest BCUT2D eigenvalue weighted by atomic mass is 10.1. The third kappa shape index (κ3) is 8.58. The number of benzene rings is 4. The van der Waals surface area contributed by atoms with Gasteiger partial charge in [-0.05, 0) is 40.6 Å². The summed E-state index contributed by atoms with van der Waals surface area (Å²) >= 11 is 1.77. The molecule has 0 atom stereocenters. The summed E-state index contributed by atoms with van der Waals surface area (Å²) in [6.07, 6.45) is 2.09. The number of alkyl halides is 3. The van der Waals surface area contributed by atoms with Crippen LogP contribution < -0.4 is 0 Å². The number of hydrogen-bond acceptors (Lipinski definition) is 1. The van der Waals surface area contributed by atoms with Crippen molar-refractivity contribution >= 4 is 11.8 Å². The number of thioether (sulfide) groups is 1. The van der Waals surface area contributed by atoms with Crippen molar-refractivity contribution in [2.24, 2.45) is 0 Å². The fourth-order valence-electron chi connectivity index (χ4n) is 2.68. The third-order valence-electron chi connectivity index (χ3n) is 4.08. The molecule has 4 aromatic rings. The molecule has 0 aliphatic rings. The van der Waals surface area contributed by atoms with Crippen molar-refractivity contribution in [3.8, 4) is 22.3 Å². The van der Waals surface area contributed by atoms with Crippen LogP contribution in [0.5, 0.6) is 0 Å². The van der Waals surface area contributed by atoms with Gasteiger partial charge in [0.2, 0.25) is 0 Å². The fourth-order valence-corrected chi connectivity index (χ4v) is 3.08. The molecule has 0 aliphatic heterocycles. The molecule has 0 radical (unpaired) electrons. The lowest BCUT2D eigenvalue weighted by Crippen LogP contribution is -1.76. The van der Waals surface area contributed by atoms with Crippen molar-refractivity contribution in [1.82, 2.24) is 0 Å². The molecule has 154 valence electrons. The summed E-state index contributed by atoms with van der Waals surface area (Å²) in [7, 11) is 0. The first-order valence-corrected chi connectivity index (χ1v) is 10.5. The van der Waals surface area contributed by atoms with Crippen LogP contribution in [0.2, 0.25) is 0 Å². The van der Waals surface area contributed by atoms with Gasteiger partial charge in [0.05, 0.1) is 0 Å². The second-order valence-corrected chi connectivity index (χ2v) is 6.95. The molecule has 4 rings (SSSR count). The van der Waals surface area contributed by atoms with Crippen LogP contribution in [-0.4, -0.2) is 12.9 Å². The van der Waals surface area contributed by atoms with Gasteiger partial charge in [-0.3, -0.25) is 0 Å². The quantitative estimate of drug-likeness (QED) is 0.297. The lowest BCUT2D eigenvalue weighted by Gasteiger charge is -2.01. The zero-order chi connectivity index (χ0) is 21.6. The molecule has 30 heavy (non-hydrogen) atoms. The number of hydrogen-bond donors (Lipinski definition) is 0. The van der Waals surface area contributed by atoms with E-state index in [1.54, 1.807) is 11.8 Å². The molecule has 0 spiro atoms. The van der Waals surface area contributed by atoms with Crippen LogP contribution >= 0.6 is 11.8 Å². The van der Waals surface area contributed by atoms with E-state index in [0.717, 1.165) is 0 Å². The Bertz CT molecular complexity index is 901. The van der Waals surface area contributed by atoms with Crippen LogP contribution in [0, 0.1) is 0 Å². The van der Waals surface area contributed by atoms with Gasteiger partial charge in [0.1, 0.15) is 0 Å². The van der Waals surface area contributed by atoms with Crippen LogP contribution in [-0.2, 0) is 0 Å². The molecule has 0 unspecified atom stereocenters. The largest absolute Gasteiger partial charge is 0.379 e. The summed E-state index contributed by atoms with van der Waals surface area (Å²) in [5, 5.41) is 0. The minimum atomic E-state index is -3.67. The highest BCUT2D eigenvalue weighted by Gasteiger charge is 1.95. The van der Waals surface area contributed by atoms with E-state index in [-0.39, 0.29) is 0 Å². The monoisotopic (exact) mass is 424 g/mol. The van der Waals surface area contributed by atoms with Gasteiger partial charge in [0, 0.05) is 4.90 Å². The maximum absolute atomic E-state index is 9.67. The predicted octanol–water partition coefficient (Wildman–Crippen LogP) is 8.61. The first-order valence-electron chi connectivity index (χ1n) is 9.32. The zero-order valence-electron chi connectivity index (χ0n) is 16.6. The molecular weight excluding hydrogens is 401 g/mol. The smallest absolute Gasteiger partial charge is 0.174 e.